The number of nitrogens with one attached hydrogen (secondary N) is 1. The van der Waals surface area contributed by atoms with Gasteiger partial charge >= 0.3 is 6.03 Å². The molecule has 7 nitrogen and oxygen atoms in total. The molecule has 4 rings (SSSR count). The zero-order valence-corrected chi connectivity index (χ0v) is 16.4. The highest BCUT2D eigenvalue weighted by atomic mass is 16.5. The molecule has 1 atom stereocenters. The van der Waals surface area contributed by atoms with Crippen LogP contribution in [0.3, 0.4) is 0 Å². The van der Waals surface area contributed by atoms with Crippen molar-refractivity contribution in [2.75, 3.05) is 37.0 Å². The first kappa shape index (κ1) is 18.2. The number of benzene rings is 2. The number of piperazine rings is 1. The largest absolute Gasteiger partial charge is 0.497 e. The lowest BCUT2D eigenvalue weighted by Gasteiger charge is -2.40. The van der Waals surface area contributed by atoms with Crippen molar-refractivity contribution in [2.24, 2.45) is 7.05 Å². The minimum absolute atomic E-state index is 0.0647. The average molecular weight is 379 g/mol. The van der Waals surface area contributed by atoms with Crippen molar-refractivity contribution >= 4 is 28.3 Å². The Labute approximate surface area is 164 Å². The van der Waals surface area contributed by atoms with Gasteiger partial charge in [-0.2, -0.15) is 5.10 Å². The van der Waals surface area contributed by atoms with Gasteiger partial charge in [0.05, 0.1) is 18.8 Å². The van der Waals surface area contributed by atoms with Crippen LogP contribution in [-0.2, 0) is 7.05 Å². The van der Waals surface area contributed by atoms with Gasteiger partial charge in [0.1, 0.15) is 5.75 Å². The molecule has 1 N–H and O–H groups in total. The maximum Gasteiger partial charge on any atom is 0.322 e. The Balaban J connectivity index is 1.40. The number of carbonyl (C=O) groups is 1. The van der Waals surface area contributed by atoms with Crippen LogP contribution < -0.4 is 15.0 Å². The van der Waals surface area contributed by atoms with Crippen molar-refractivity contribution in [3.63, 3.8) is 0 Å². The second-order valence-electron chi connectivity index (χ2n) is 7.16. The average Bonchev–Trinajstić information content (AvgIpc) is 3.08. The maximum absolute atomic E-state index is 12.8. The van der Waals surface area contributed by atoms with Crippen LogP contribution in [0.2, 0.25) is 0 Å². The van der Waals surface area contributed by atoms with Gasteiger partial charge in [0.25, 0.3) is 0 Å². The van der Waals surface area contributed by atoms with Gasteiger partial charge in [-0.3, -0.25) is 4.68 Å². The Hall–Kier alpha value is -3.22. The van der Waals surface area contributed by atoms with E-state index in [1.165, 1.54) is 0 Å². The van der Waals surface area contributed by atoms with E-state index < -0.39 is 0 Å². The van der Waals surface area contributed by atoms with Gasteiger partial charge in [0.2, 0.25) is 0 Å². The van der Waals surface area contributed by atoms with Gasteiger partial charge in [0, 0.05) is 49.5 Å². The van der Waals surface area contributed by atoms with Crippen LogP contribution >= 0.6 is 0 Å². The number of fused-ring (bicyclic) bond motifs is 1. The summed E-state index contributed by atoms with van der Waals surface area (Å²) in [5, 5.41) is 8.29. The zero-order chi connectivity index (χ0) is 19.7. The van der Waals surface area contributed by atoms with Crippen LogP contribution in [0.5, 0.6) is 5.75 Å². The summed E-state index contributed by atoms with van der Waals surface area (Å²) in [6.07, 6.45) is 1.81. The molecule has 3 aromatic rings. The lowest BCUT2D eigenvalue weighted by atomic mass is 10.1. The van der Waals surface area contributed by atoms with Gasteiger partial charge in [-0.1, -0.05) is 0 Å². The second-order valence-corrected chi connectivity index (χ2v) is 7.16. The number of anilines is 2. The highest BCUT2D eigenvalue weighted by Gasteiger charge is 2.27. The molecule has 0 aliphatic carbocycles. The van der Waals surface area contributed by atoms with E-state index in [2.05, 4.69) is 34.4 Å². The number of amides is 2. The van der Waals surface area contributed by atoms with E-state index in [9.17, 15) is 4.79 Å². The van der Waals surface area contributed by atoms with E-state index in [4.69, 9.17) is 4.74 Å². The van der Waals surface area contributed by atoms with Crippen molar-refractivity contribution in [2.45, 2.75) is 13.0 Å². The summed E-state index contributed by atoms with van der Waals surface area (Å²) in [5.41, 5.74) is 2.98. The van der Waals surface area contributed by atoms with Crippen molar-refractivity contribution in [3.05, 3.63) is 48.7 Å². The predicted octanol–water partition coefficient (Wildman–Crippen LogP) is 3.32. The lowest BCUT2D eigenvalue weighted by Crippen LogP contribution is -2.55. The first-order valence-electron chi connectivity index (χ1n) is 9.43. The smallest absolute Gasteiger partial charge is 0.322 e. The molecule has 0 unspecified atom stereocenters. The molecular formula is C21H25N5O2. The molecule has 28 heavy (non-hydrogen) atoms. The molecule has 1 aliphatic heterocycles. The number of rotatable bonds is 3. The molecule has 2 heterocycles. The molecule has 0 saturated carbocycles. The highest BCUT2D eigenvalue weighted by molar-refractivity contribution is 5.93. The fraction of sp³-hybridized carbons (Fsp3) is 0.333. The monoisotopic (exact) mass is 379 g/mol. The fourth-order valence-electron chi connectivity index (χ4n) is 3.72. The van der Waals surface area contributed by atoms with E-state index in [1.54, 1.807) is 13.3 Å². The van der Waals surface area contributed by atoms with Crippen LogP contribution in [0.1, 0.15) is 6.92 Å². The first-order valence-corrected chi connectivity index (χ1v) is 9.43. The van der Waals surface area contributed by atoms with Crippen molar-refractivity contribution < 1.29 is 9.53 Å². The number of methoxy groups -OCH3 is 1. The SMILES string of the molecule is COc1ccc(N2CCN(C(=O)Nc3ccc4c(cnn4C)c3)[C@@H](C)C2)cc1. The fourth-order valence-corrected chi connectivity index (χ4v) is 3.72. The van der Waals surface area contributed by atoms with Crippen LogP contribution in [0, 0.1) is 0 Å². The standard InChI is InChI=1S/C21H25N5O2/c1-15-14-25(18-5-7-19(28-3)8-6-18)10-11-26(15)21(27)23-17-4-9-20-16(12-17)13-22-24(20)2/h4-9,12-13,15H,10-11,14H2,1-3H3,(H,23,27)/t15-/m0/s1. The quantitative estimate of drug-likeness (QED) is 0.758. The number of ether oxygens (including phenoxy) is 1. The molecule has 1 fully saturated rings. The molecule has 2 aromatic carbocycles. The first-order chi connectivity index (χ1) is 13.5. The lowest BCUT2D eigenvalue weighted by molar-refractivity contribution is 0.185. The van der Waals surface area contributed by atoms with Crippen molar-refractivity contribution in [1.29, 1.82) is 0 Å². The molecule has 146 valence electrons. The number of hydrogen-bond donors (Lipinski definition) is 1. The summed E-state index contributed by atoms with van der Waals surface area (Å²) >= 11 is 0. The summed E-state index contributed by atoms with van der Waals surface area (Å²) < 4.78 is 7.05. The number of aryl methyl sites for hydroxylation is 1. The summed E-state index contributed by atoms with van der Waals surface area (Å²) in [5.74, 6) is 0.848. The topological polar surface area (TPSA) is 62.6 Å². The summed E-state index contributed by atoms with van der Waals surface area (Å²) in [6.45, 7) is 4.35. The van der Waals surface area contributed by atoms with Gasteiger partial charge in [0.15, 0.2) is 0 Å². The Morgan fingerprint density at radius 2 is 1.96 bits per heavy atom. The van der Waals surface area contributed by atoms with Gasteiger partial charge < -0.3 is 19.9 Å². The van der Waals surface area contributed by atoms with E-state index in [-0.39, 0.29) is 12.1 Å². The summed E-state index contributed by atoms with van der Waals surface area (Å²) in [4.78, 5) is 17.0. The third kappa shape index (κ3) is 3.47. The zero-order valence-electron chi connectivity index (χ0n) is 16.4. The summed E-state index contributed by atoms with van der Waals surface area (Å²) in [7, 11) is 3.57. The van der Waals surface area contributed by atoms with Gasteiger partial charge in [-0.15, -0.1) is 0 Å². The van der Waals surface area contributed by atoms with E-state index in [0.29, 0.717) is 6.54 Å². The number of nitrogens with zero attached hydrogens (tertiary/aromatic N) is 4. The highest BCUT2D eigenvalue weighted by Crippen LogP contribution is 2.23. The minimum atomic E-state index is -0.0647. The number of carbonyl (C=O) groups excluding carboxylic acids is 1. The van der Waals surface area contributed by atoms with E-state index in [1.807, 2.05) is 47.0 Å². The molecule has 0 radical (unpaired) electrons. The molecular weight excluding hydrogens is 354 g/mol. The molecule has 7 heteroatoms. The molecule has 1 aliphatic rings. The van der Waals surface area contributed by atoms with Crippen LogP contribution in [-0.4, -0.2) is 53.5 Å². The molecule has 2 amide bonds. The van der Waals surface area contributed by atoms with E-state index in [0.717, 1.165) is 41.1 Å². The molecule has 1 saturated heterocycles. The van der Waals surface area contributed by atoms with Gasteiger partial charge in [-0.25, -0.2) is 4.79 Å². The Morgan fingerprint density at radius 1 is 1.18 bits per heavy atom. The number of hydrogen-bond acceptors (Lipinski definition) is 4. The minimum Gasteiger partial charge on any atom is -0.497 e. The Bertz CT molecular complexity index is 982. The number of urea groups is 1. The molecule has 1 aromatic heterocycles. The van der Waals surface area contributed by atoms with Crippen molar-refractivity contribution in [3.8, 4) is 5.75 Å². The van der Waals surface area contributed by atoms with Crippen LogP contribution in [0.25, 0.3) is 10.9 Å². The Morgan fingerprint density at radius 3 is 2.68 bits per heavy atom. The number of aromatic nitrogens is 2. The third-order valence-corrected chi connectivity index (χ3v) is 5.32. The van der Waals surface area contributed by atoms with Crippen molar-refractivity contribution in [1.82, 2.24) is 14.7 Å². The summed E-state index contributed by atoms with van der Waals surface area (Å²) in [6, 6.07) is 13.9. The van der Waals surface area contributed by atoms with E-state index >= 15 is 0 Å². The second kappa shape index (κ2) is 7.42. The van der Waals surface area contributed by atoms with Crippen LogP contribution in [0.4, 0.5) is 16.2 Å². The maximum atomic E-state index is 12.8. The van der Waals surface area contributed by atoms with Crippen LogP contribution in [0.15, 0.2) is 48.7 Å². The third-order valence-electron chi connectivity index (χ3n) is 5.32. The molecule has 0 spiro atoms. The molecule has 0 bridgehead atoms. The normalized spacial score (nSPS) is 17.0. The van der Waals surface area contributed by atoms with Gasteiger partial charge in [-0.05, 0) is 49.4 Å². The Kier molecular flexibility index (Phi) is 4.81. The predicted molar refractivity (Wildman–Crippen MR) is 111 cm³/mol.